The lowest BCUT2D eigenvalue weighted by atomic mass is 9.34. The van der Waals surface area contributed by atoms with E-state index in [4.69, 9.17) is 0 Å². The van der Waals surface area contributed by atoms with Gasteiger partial charge in [-0.3, -0.25) is 0 Å². The summed E-state index contributed by atoms with van der Waals surface area (Å²) >= 11 is 0. The zero-order valence-electron chi connectivity index (χ0n) is 17.4. The third kappa shape index (κ3) is 1.49. The van der Waals surface area contributed by atoms with Crippen molar-refractivity contribution in [3.63, 3.8) is 0 Å². The standard InChI is InChI=1S/C27H17BN4/c1-16-14-21-25-22(15-16)32-13-11-30-20-9-5-3-7-18(20)24(27(30)32)28(25)23-17-6-2-4-8-19(17)29-10-12-31(21)26(23)29/h2-15H,1H3. The van der Waals surface area contributed by atoms with Crippen LogP contribution in [0.15, 0.2) is 85.5 Å². The van der Waals surface area contributed by atoms with Crippen molar-refractivity contribution in [2.45, 2.75) is 6.92 Å². The molecule has 2 aliphatic rings. The van der Waals surface area contributed by atoms with Gasteiger partial charge in [-0.05, 0) is 63.9 Å². The zero-order chi connectivity index (χ0) is 20.7. The number of rotatable bonds is 0. The fourth-order valence-corrected chi connectivity index (χ4v) is 6.60. The maximum absolute atomic E-state index is 2.40. The maximum atomic E-state index is 2.40. The molecule has 0 aliphatic carbocycles. The first kappa shape index (κ1) is 15.7. The van der Waals surface area contributed by atoms with Crippen LogP contribution in [0.1, 0.15) is 5.56 Å². The van der Waals surface area contributed by atoms with Gasteiger partial charge in [0.25, 0.3) is 6.71 Å². The molecule has 6 heterocycles. The Morgan fingerprint density at radius 3 is 1.62 bits per heavy atom. The summed E-state index contributed by atoms with van der Waals surface area (Å²) in [6, 6.07) is 22.4. The second kappa shape index (κ2) is 4.86. The van der Waals surface area contributed by atoms with Crippen LogP contribution in [0.5, 0.6) is 0 Å². The van der Waals surface area contributed by atoms with Crippen molar-refractivity contribution in [2.24, 2.45) is 0 Å². The van der Waals surface area contributed by atoms with E-state index in [0.717, 1.165) is 0 Å². The van der Waals surface area contributed by atoms with Gasteiger partial charge in [0, 0.05) is 36.2 Å². The summed E-state index contributed by atoms with van der Waals surface area (Å²) in [4.78, 5) is 0. The van der Waals surface area contributed by atoms with Gasteiger partial charge in [0.05, 0.1) is 11.0 Å². The molecule has 32 heavy (non-hydrogen) atoms. The topological polar surface area (TPSA) is 18.7 Å². The van der Waals surface area contributed by atoms with Crippen LogP contribution in [0.3, 0.4) is 0 Å². The number of imidazole rings is 2. The summed E-state index contributed by atoms with van der Waals surface area (Å²) in [5, 5.41) is 2.70. The van der Waals surface area contributed by atoms with E-state index in [1.807, 2.05) is 0 Å². The van der Waals surface area contributed by atoms with E-state index in [9.17, 15) is 0 Å². The van der Waals surface area contributed by atoms with Gasteiger partial charge in [0.2, 0.25) is 0 Å². The molecule has 5 heteroatoms. The molecule has 0 amide bonds. The Labute approximate surface area is 183 Å². The molecule has 9 rings (SSSR count). The van der Waals surface area contributed by atoms with Crippen LogP contribution in [0.2, 0.25) is 0 Å². The van der Waals surface area contributed by atoms with Gasteiger partial charge in [-0.25, -0.2) is 0 Å². The lowest BCUT2D eigenvalue weighted by Gasteiger charge is -2.31. The summed E-state index contributed by atoms with van der Waals surface area (Å²) in [7, 11) is 0. The number of para-hydroxylation sites is 2. The van der Waals surface area contributed by atoms with E-state index in [1.54, 1.807) is 0 Å². The van der Waals surface area contributed by atoms with Gasteiger partial charge in [0.1, 0.15) is 11.3 Å². The first-order valence-corrected chi connectivity index (χ1v) is 11.2. The fourth-order valence-electron chi connectivity index (χ4n) is 6.60. The molecular formula is C27H17BN4. The molecule has 0 fully saturated rings. The second-order valence-corrected chi connectivity index (χ2v) is 9.24. The Morgan fingerprint density at radius 2 is 1.09 bits per heavy atom. The van der Waals surface area contributed by atoms with Crippen molar-refractivity contribution < 1.29 is 0 Å². The van der Waals surface area contributed by atoms with E-state index in [-0.39, 0.29) is 6.71 Å². The Balaban J connectivity index is 1.62. The van der Waals surface area contributed by atoms with Crippen LogP contribution in [-0.4, -0.2) is 24.6 Å². The van der Waals surface area contributed by atoms with Crippen molar-refractivity contribution in [1.82, 2.24) is 17.9 Å². The highest BCUT2D eigenvalue weighted by Gasteiger charge is 2.43. The lowest BCUT2D eigenvalue weighted by molar-refractivity contribution is 1.07. The first-order chi connectivity index (χ1) is 15.8. The van der Waals surface area contributed by atoms with Crippen molar-refractivity contribution in [1.29, 1.82) is 0 Å². The van der Waals surface area contributed by atoms with E-state index < -0.39 is 0 Å². The summed E-state index contributed by atoms with van der Waals surface area (Å²) in [6.07, 6.45) is 8.91. The van der Waals surface area contributed by atoms with Crippen LogP contribution >= 0.6 is 0 Å². The van der Waals surface area contributed by atoms with E-state index in [0.29, 0.717) is 0 Å². The summed E-state index contributed by atoms with van der Waals surface area (Å²) in [5.41, 5.74) is 13.3. The van der Waals surface area contributed by atoms with Crippen molar-refractivity contribution in [2.75, 3.05) is 0 Å². The minimum atomic E-state index is 0.204. The number of hydrogen-bond donors (Lipinski definition) is 0. The van der Waals surface area contributed by atoms with Crippen LogP contribution in [0.4, 0.5) is 0 Å². The molecule has 0 unspecified atom stereocenters. The van der Waals surface area contributed by atoms with Crippen molar-refractivity contribution in [3.8, 4) is 11.4 Å². The first-order valence-electron chi connectivity index (χ1n) is 11.2. The highest BCUT2D eigenvalue weighted by atomic mass is 15.1. The third-order valence-corrected chi connectivity index (χ3v) is 7.70. The highest BCUT2D eigenvalue weighted by Crippen LogP contribution is 2.33. The minimum absolute atomic E-state index is 0.204. The van der Waals surface area contributed by atoms with Crippen molar-refractivity contribution in [3.05, 3.63) is 91.0 Å². The SMILES string of the molecule is Cc1cc2c3c(c1)-n1ccn4c5ccccc5c(c14)B3c1c3ccccc3n3ccn-2c13. The van der Waals surface area contributed by atoms with Crippen LogP contribution in [0, 0.1) is 6.92 Å². The molecule has 4 nitrogen and oxygen atoms in total. The van der Waals surface area contributed by atoms with Gasteiger partial charge in [-0.1, -0.05) is 36.4 Å². The normalized spacial score (nSPS) is 13.7. The number of nitrogens with zero attached hydrogens (tertiary/aromatic N) is 4. The highest BCUT2D eigenvalue weighted by molar-refractivity contribution is 7.02. The van der Waals surface area contributed by atoms with Gasteiger partial charge >= 0.3 is 0 Å². The number of benzene rings is 3. The van der Waals surface area contributed by atoms with E-state index >= 15 is 0 Å². The number of aryl methyl sites for hydroxylation is 1. The molecule has 0 bridgehead atoms. The summed E-state index contributed by atoms with van der Waals surface area (Å²) in [5.74, 6) is 0. The predicted molar refractivity (Wildman–Crippen MR) is 131 cm³/mol. The molecule has 3 aromatic carbocycles. The largest absolute Gasteiger partial charge is 0.302 e. The molecule has 0 radical (unpaired) electrons. The number of fused-ring (bicyclic) bond motifs is 10. The van der Waals surface area contributed by atoms with Crippen molar-refractivity contribution >= 4 is 56.2 Å². The number of aromatic nitrogens is 4. The Hall–Kier alpha value is -4.12. The van der Waals surface area contributed by atoms with Crippen LogP contribution < -0.4 is 16.4 Å². The lowest BCUT2D eigenvalue weighted by Crippen LogP contribution is -2.59. The van der Waals surface area contributed by atoms with Crippen LogP contribution in [-0.2, 0) is 0 Å². The molecule has 0 N–H and O–H groups in total. The van der Waals surface area contributed by atoms with Gasteiger partial charge in [-0.15, -0.1) is 0 Å². The molecular weight excluding hydrogens is 391 g/mol. The van der Waals surface area contributed by atoms with Crippen LogP contribution in [0.25, 0.3) is 44.5 Å². The quantitative estimate of drug-likeness (QED) is 0.342. The summed E-state index contributed by atoms with van der Waals surface area (Å²) in [6.45, 7) is 2.41. The van der Waals surface area contributed by atoms with E-state index in [2.05, 4.69) is 110 Å². The second-order valence-electron chi connectivity index (χ2n) is 9.24. The molecule has 0 atom stereocenters. The third-order valence-electron chi connectivity index (χ3n) is 7.70. The fraction of sp³-hybridized carbons (Fsp3) is 0.0370. The van der Waals surface area contributed by atoms with Gasteiger partial charge < -0.3 is 17.9 Å². The van der Waals surface area contributed by atoms with Gasteiger partial charge in [0.15, 0.2) is 0 Å². The average Bonchev–Trinajstić information content (AvgIpc) is 3.56. The molecule has 4 aromatic heterocycles. The van der Waals surface area contributed by atoms with Gasteiger partial charge in [-0.2, -0.15) is 0 Å². The monoisotopic (exact) mass is 408 g/mol. The smallest absolute Gasteiger partial charge is 0.258 e. The molecule has 0 saturated heterocycles. The Bertz CT molecular complexity index is 1820. The molecule has 148 valence electrons. The zero-order valence-corrected chi connectivity index (χ0v) is 17.4. The van der Waals surface area contributed by atoms with E-state index in [1.165, 1.54) is 66.4 Å². The Kier molecular flexibility index (Phi) is 2.38. The Morgan fingerprint density at radius 1 is 0.594 bits per heavy atom. The average molecular weight is 408 g/mol. The minimum Gasteiger partial charge on any atom is -0.302 e. The summed E-state index contributed by atoms with van der Waals surface area (Å²) < 4.78 is 9.56. The maximum Gasteiger partial charge on any atom is 0.258 e. The molecule has 0 saturated carbocycles. The number of hydrogen-bond acceptors (Lipinski definition) is 0. The predicted octanol–water partition coefficient (Wildman–Crippen LogP) is 3.53. The molecule has 7 aromatic rings. The molecule has 2 aliphatic heterocycles. The molecule has 0 spiro atoms.